The fourth-order valence-electron chi connectivity index (χ4n) is 2.79. The molecule has 0 unspecified atom stereocenters. The first-order chi connectivity index (χ1) is 12.8. The minimum atomic E-state index is -0.183. The summed E-state index contributed by atoms with van der Waals surface area (Å²) in [6.07, 6.45) is 3.32. The van der Waals surface area contributed by atoms with E-state index in [1.165, 1.54) is 6.08 Å². The van der Waals surface area contributed by atoms with Crippen LogP contribution in [0.1, 0.15) is 5.56 Å². The average molecular weight is 339 g/mol. The fourth-order valence-corrected chi connectivity index (χ4v) is 2.79. The summed E-state index contributed by atoms with van der Waals surface area (Å²) in [5.41, 5.74) is 4.41. The van der Waals surface area contributed by atoms with E-state index in [-0.39, 0.29) is 5.91 Å². The highest BCUT2D eigenvalue weighted by molar-refractivity contribution is 6.04. The lowest BCUT2D eigenvalue weighted by atomic mass is 10.1. The molecule has 0 spiro atoms. The van der Waals surface area contributed by atoms with Crippen LogP contribution in [0.2, 0.25) is 0 Å². The topological polar surface area (TPSA) is 57.8 Å². The second kappa shape index (κ2) is 7.07. The van der Waals surface area contributed by atoms with E-state index in [1.54, 1.807) is 6.08 Å². The first kappa shape index (κ1) is 15.8. The number of fused-ring (bicyclic) bond motifs is 1. The maximum atomic E-state index is 12.3. The molecule has 0 fully saturated rings. The number of anilines is 1. The number of nitrogens with zero attached hydrogens (tertiary/aromatic N) is 1. The van der Waals surface area contributed by atoms with Gasteiger partial charge in [-0.15, -0.1) is 0 Å². The lowest BCUT2D eigenvalue weighted by Crippen LogP contribution is -2.08. The van der Waals surface area contributed by atoms with E-state index in [4.69, 9.17) is 0 Å². The summed E-state index contributed by atoms with van der Waals surface area (Å²) in [5.74, 6) is 0.548. The molecule has 0 aliphatic rings. The minimum Gasteiger partial charge on any atom is -0.338 e. The number of rotatable bonds is 4. The molecule has 4 heteroatoms. The predicted octanol–water partition coefficient (Wildman–Crippen LogP) is 4.88. The van der Waals surface area contributed by atoms with Crippen molar-refractivity contribution in [2.45, 2.75) is 0 Å². The number of hydrogen-bond donors (Lipinski definition) is 2. The zero-order valence-corrected chi connectivity index (χ0v) is 14.0. The molecule has 0 radical (unpaired) electrons. The first-order valence-electron chi connectivity index (χ1n) is 8.38. The molecule has 2 N–H and O–H groups in total. The Bertz CT molecular complexity index is 1050. The molecule has 4 nitrogen and oxygen atoms in total. The van der Waals surface area contributed by atoms with Crippen LogP contribution in [0.3, 0.4) is 0 Å². The third-order valence-corrected chi connectivity index (χ3v) is 4.06. The van der Waals surface area contributed by atoms with Crippen LogP contribution in [0.25, 0.3) is 28.5 Å². The average Bonchev–Trinajstić information content (AvgIpc) is 3.12. The summed E-state index contributed by atoms with van der Waals surface area (Å²) in [4.78, 5) is 20.2. The lowest BCUT2D eigenvalue weighted by molar-refractivity contribution is -0.111. The van der Waals surface area contributed by atoms with Crippen molar-refractivity contribution in [3.8, 4) is 11.4 Å². The molecule has 0 aliphatic carbocycles. The zero-order valence-electron chi connectivity index (χ0n) is 14.0. The van der Waals surface area contributed by atoms with E-state index in [0.29, 0.717) is 5.69 Å². The second-order valence-electron chi connectivity index (χ2n) is 5.88. The van der Waals surface area contributed by atoms with Gasteiger partial charge in [0.1, 0.15) is 5.82 Å². The van der Waals surface area contributed by atoms with E-state index in [2.05, 4.69) is 15.3 Å². The van der Waals surface area contributed by atoms with Crippen molar-refractivity contribution >= 4 is 28.7 Å². The van der Waals surface area contributed by atoms with Crippen LogP contribution in [0, 0.1) is 0 Å². The number of hydrogen-bond acceptors (Lipinski definition) is 2. The van der Waals surface area contributed by atoms with Crippen molar-refractivity contribution < 1.29 is 4.79 Å². The molecule has 4 aromatic rings. The van der Waals surface area contributed by atoms with Gasteiger partial charge in [0.05, 0.1) is 16.7 Å². The number of aromatic amines is 1. The Morgan fingerprint density at radius 3 is 2.46 bits per heavy atom. The van der Waals surface area contributed by atoms with Crippen molar-refractivity contribution in [3.63, 3.8) is 0 Å². The van der Waals surface area contributed by atoms with Gasteiger partial charge in [0.15, 0.2) is 0 Å². The van der Waals surface area contributed by atoms with Gasteiger partial charge < -0.3 is 10.3 Å². The molecule has 0 atom stereocenters. The summed E-state index contributed by atoms with van der Waals surface area (Å²) in [6, 6.07) is 25.2. The van der Waals surface area contributed by atoms with E-state index < -0.39 is 0 Å². The van der Waals surface area contributed by atoms with Crippen LogP contribution in [-0.4, -0.2) is 15.9 Å². The molecule has 1 heterocycles. The number of para-hydroxylation sites is 3. The Kier molecular flexibility index (Phi) is 4.31. The first-order valence-corrected chi connectivity index (χ1v) is 8.38. The van der Waals surface area contributed by atoms with Crippen LogP contribution < -0.4 is 5.32 Å². The maximum absolute atomic E-state index is 12.3. The molecule has 0 bridgehead atoms. The SMILES string of the molecule is O=C(C=Cc1ccccc1)Nc1ccccc1-c1nc2ccccc2[nH]1. The Morgan fingerprint density at radius 1 is 0.885 bits per heavy atom. The van der Waals surface area contributed by atoms with Crippen LogP contribution in [0.5, 0.6) is 0 Å². The van der Waals surface area contributed by atoms with Gasteiger partial charge in [-0.1, -0.05) is 54.6 Å². The van der Waals surface area contributed by atoms with E-state index in [1.807, 2.05) is 78.9 Å². The van der Waals surface area contributed by atoms with Gasteiger partial charge in [-0.25, -0.2) is 4.98 Å². The highest BCUT2D eigenvalue weighted by atomic mass is 16.1. The smallest absolute Gasteiger partial charge is 0.248 e. The minimum absolute atomic E-state index is 0.183. The highest BCUT2D eigenvalue weighted by Gasteiger charge is 2.10. The van der Waals surface area contributed by atoms with Crippen LogP contribution in [-0.2, 0) is 4.79 Å². The van der Waals surface area contributed by atoms with Gasteiger partial charge in [-0.05, 0) is 35.9 Å². The molecule has 1 aromatic heterocycles. The number of H-pyrrole nitrogens is 1. The quantitative estimate of drug-likeness (QED) is 0.521. The predicted molar refractivity (Wildman–Crippen MR) is 106 cm³/mol. The summed E-state index contributed by atoms with van der Waals surface area (Å²) >= 11 is 0. The molecule has 1 amide bonds. The third-order valence-electron chi connectivity index (χ3n) is 4.06. The van der Waals surface area contributed by atoms with Crippen LogP contribution in [0.15, 0.2) is 84.9 Å². The van der Waals surface area contributed by atoms with Crippen molar-refractivity contribution in [2.75, 3.05) is 5.32 Å². The largest absolute Gasteiger partial charge is 0.338 e. The number of carbonyl (C=O) groups is 1. The molecular formula is C22H17N3O. The molecule has 26 heavy (non-hydrogen) atoms. The molecular weight excluding hydrogens is 322 g/mol. The Hall–Kier alpha value is -3.66. The Labute approximate surface area is 151 Å². The van der Waals surface area contributed by atoms with Crippen LogP contribution in [0.4, 0.5) is 5.69 Å². The number of nitrogens with one attached hydrogen (secondary N) is 2. The zero-order chi connectivity index (χ0) is 17.8. The van der Waals surface area contributed by atoms with Gasteiger partial charge >= 0.3 is 0 Å². The molecule has 0 saturated heterocycles. The van der Waals surface area contributed by atoms with E-state index in [9.17, 15) is 4.79 Å². The van der Waals surface area contributed by atoms with Gasteiger partial charge in [-0.2, -0.15) is 0 Å². The molecule has 0 aliphatic heterocycles. The number of aromatic nitrogens is 2. The number of amides is 1. The third kappa shape index (κ3) is 3.39. The maximum Gasteiger partial charge on any atom is 0.248 e. The number of imidazole rings is 1. The van der Waals surface area contributed by atoms with Gasteiger partial charge in [0.25, 0.3) is 0 Å². The monoisotopic (exact) mass is 339 g/mol. The summed E-state index contributed by atoms with van der Waals surface area (Å²) in [7, 11) is 0. The number of carbonyl (C=O) groups excluding carboxylic acids is 1. The van der Waals surface area contributed by atoms with Gasteiger partial charge in [0, 0.05) is 11.6 Å². The summed E-state index contributed by atoms with van der Waals surface area (Å²) in [5, 5.41) is 2.94. The Morgan fingerprint density at radius 2 is 1.62 bits per heavy atom. The number of benzene rings is 3. The summed E-state index contributed by atoms with van der Waals surface area (Å²) < 4.78 is 0. The fraction of sp³-hybridized carbons (Fsp3) is 0. The van der Waals surface area contributed by atoms with Gasteiger partial charge in [-0.3, -0.25) is 4.79 Å². The second-order valence-corrected chi connectivity index (χ2v) is 5.88. The van der Waals surface area contributed by atoms with Crippen molar-refractivity contribution in [2.24, 2.45) is 0 Å². The Balaban J connectivity index is 1.59. The van der Waals surface area contributed by atoms with E-state index in [0.717, 1.165) is 28.0 Å². The standard InChI is InChI=1S/C22H17N3O/c26-21(15-14-16-8-2-1-3-9-16)23-18-11-5-4-10-17(18)22-24-19-12-6-7-13-20(19)25-22/h1-15H,(H,23,26)(H,24,25). The van der Waals surface area contributed by atoms with Crippen molar-refractivity contribution in [3.05, 3.63) is 90.5 Å². The van der Waals surface area contributed by atoms with Crippen LogP contribution >= 0.6 is 0 Å². The normalized spacial score (nSPS) is 11.1. The lowest BCUT2D eigenvalue weighted by Gasteiger charge is -2.07. The molecule has 4 rings (SSSR count). The van der Waals surface area contributed by atoms with E-state index >= 15 is 0 Å². The molecule has 126 valence electrons. The van der Waals surface area contributed by atoms with Crippen molar-refractivity contribution in [1.82, 2.24) is 9.97 Å². The highest BCUT2D eigenvalue weighted by Crippen LogP contribution is 2.27. The molecule has 3 aromatic carbocycles. The van der Waals surface area contributed by atoms with Crippen molar-refractivity contribution in [1.29, 1.82) is 0 Å². The van der Waals surface area contributed by atoms with Gasteiger partial charge in [0.2, 0.25) is 5.91 Å². The molecule has 0 saturated carbocycles. The summed E-state index contributed by atoms with van der Waals surface area (Å²) in [6.45, 7) is 0.